The van der Waals surface area contributed by atoms with Crippen molar-refractivity contribution in [1.29, 1.82) is 0 Å². The zero-order valence-electron chi connectivity index (χ0n) is 15.6. The SMILES string of the molecule is CCc1ccc(OC2=C(c3ccc(S(C)(=O)=O)cc3)C(C)(C)OC2=O)cn1. The highest BCUT2D eigenvalue weighted by Crippen LogP contribution is 2.40. The number of hydrogen-bond donors (Lipinski definition) is 0. The van der Waals surface area contributed by atoms with Crippen molar-refractivity contribution in [3.63, 3.8) is 0 Å². The van der Waals surface area contributed by atoms with Crippen LogP contribution in [0.2, 0.25) is 0 Å². The molecule has 0 amide bonds. The summed E-state index contributed by atoms with van der Waals surface area (Å²) in [7, 11) is -3.31. The number of benzene rings is 1. The third kappa shape index (κ3) is 3.88. The number of ether oxygens (including phenoxy) is 2. The van der Waals surface area contributed by atoms with E-state index in [1.807, 2.05) is 13.0 Å². The highest BCUT2D eigenvalue weighted by Gasteiger charge is 2.43. The van der Waals surface area contributed by atoms with Crippen LogP contribution in [0.4, 0.5) is 0 Å². The van der Waals surface area contributed by atoms with Crippen molar-refractivity contribution in [3.8, 4) is 5.75 Å². The number of esters is 1. The second-order valence-electron chi connectivity index (χ2n) is 6.84. The van der Waals surface area contributed by atoms with E-state index < -0.39 is 21.4 Å². The van der Waals surface area contributed by atoms with E-state index in [0.29, 0.717) is 16.9 Å². The molecule has 3 rings (SSSR count). The standard InChI is InChI=1S/C20H21NO5S/c1-5-14-8-9-15(12-21-14)25-18-17(20(2,3)26-19(18)22)13-6-10-16(11-7-13)27(4,23)24/h6-12H,5H2,1-4H3. The number of sulfone groups is 1. The molecule has 0 radical (unpaired) electrons. The second-order valence-corrected chi connectivity index (χ2v) is 8.86. The Labute approximate surface area is 158 Å². The van der Waals surface area contributed by atoms with Gasteiger partial charge in [0.25, 0.3) is 0 Å². The number of hydrogen-bond acceptors (Lipinski definition) is 6. The number of aryl methyl sites for hydroxylation is 1. The smallest absolute Gasteiger partial charge is 0.375 e. The molecule has 6 nitrogen and oxygen atoms in total. The van der Waals surface area contributed by atoms with Crippen LogP contribution in [-0.4, -0.2) is 31.2 Å². The first kappa shape index (κ1) is 19.1. The molecule has 0 fully saturated rings. The first-order valence-electron chi connectivity index (χ1n) is 8.53. The van der Waals surface area contributed by atoms with Crippen LogP contribution in [0.1, 0.15) is 32.0 Å². The van der Waals surface area contributed by atoms with Crippen LogP contribution < -0.4 is 4.74 Å². The van der Waals surface area contributed by atoms with Crippen molar-refractivity contribution in [3.05, 3.63) is 59.6 Å². The Morgan fingerprint density at radius 1 is 1.11 bits per heavy atom. The van der Waals surface area contributed by atoms with E-state index >= 15 is 0 Å². The van der Waals surface area contributed by atoms with Gasteiger partial charge >= 0.3 is 5.97 Å². The van der Waals surface area contributed by atoms with Gasteiger partial charge in [0.2, 0.25) is 5.76 Å². The summed E-state index contributed by atoms with van der Waals surface area (Å²) in [4.78, 5) is 16.9. The van der Waals surface area contributed by atoms with Crippen LogP contribution in [0, 0.1) is 0 Å². The fraction of sp³-hybridized carbons (Fsp3) is 0.300. The predicted molar refractivity (Wildman–Crippen MR) is 101 cm³/mol. The Hall–Kier alpha value is -2.67. The van der Waals surface area contributed by atoms with Gasteiger partial charge in [-0.2, -0.15) is 0 Å². The third-order valence-electron chi connectivity index (χ3n) is 4.31. The number of cyclic esters (lactones) is 1. The lowest BCUT2D eigenvalue weighted by Crippen LogP contribution is -2.22. The summed E-state index contributed by atoms with van der Waals surface area (Å²) >= 11 is 0. The van der Waals surface area contributed by atoms with Gasteiger partial charge < -0.3 is 9.47 Å². The summed E-state index contributed by atoms with van der Waals surface area (Å²) < 4.78 is 34.6. The molecule has 2 heterocycles. The van der Waals surface area contributed by atoms with Gasteiger partial charge in [-0.25, -0.2) is 13.2 Å². The lowest BCUT2D eigenvalue weighted by Gasteiger charge is -2.21. The number of aromatic nitrogens is 1. The van der Waals surface area contributed by atoms with Gasteiger partial charge in [0.1, 0.15) is 11.4 Å². The summed E-state index contributed by atoms with van der Waals surface area (Å²) in [5.41, 5.74) is 1.23. The van der Waals surface area contributed by atoms with E-state index in [2.05, 4.69) is 4.98 Å². The average molecular weight is 387 g/mol. The fourth-order valence-electron chi connectivity index (χ4n) is 2.94. The molecule has 142 valence electrons. The number of pyridine rings is 1. The van der Waals surface area contributed by atoms with E-state index in [1.165, 1.54) is 12.1 Å². The van der Waals surface area contributed by atoms with Crippen LogP contribution >= 0.6 is 0 Å². The van der Waals surface area contributed by atoms with Crippen LogP contribution in [0.5, 0.6) is 5.75 Å². The predicted octanol–water partition coefficient (Wildman–Crippen LogP) is 3.17. The van der Waals surface area contributed by atoms with E-state index in [4.69, 9.17) is 9.47 Å². The van der Waals surface area contributed by atoms with E-state index in [9.17, 15) is 13.2 Å². The first-order chi connectivity index (χ1) is 12.6. The molecular weight excluding hydrogens is 366 g/mol. The van der Waals surface area contributed by atoms with Gasteiger partial charge in [0.05, 0.1) is 16.7 Å². The number of carbonyl (C=O) groups is 1. The molecule has 0 saturated heterocycles. The van der Waals surface area contributed by atoms with Gasteiger partial charge in [-0.3, -0.25) is 4.98 Å². The molecule has 1 aliphatic rings. The minimum absolute atomic E-state index is 0.0816. The largest absolute Gasteiger partial charge is 0.449 e. The van der Waals surface area contributed by atoms with E-state index in [0.717, 1.165) is 18.4 Å². The fourth-order valence-corrected chi connectivity index (χ4v) is 3.57. The normalized spacial score (nSPS) is 16.4. The molecule has 1 aromatic heterocycles. The maximum Gasteiger partial charge on any atom is 0.375 e. The molecule has 0 aliphatic carbocycles. The molecule has 7 heteroatoms. The maximum absolute atomic E-state index is 12.4. The Balaban J connectivity index is 2.04. The van der Waals surface area contributed by atoms with E-state index in [1.54, 1.807) is 38.2 Å². The molecular formula is C20H21NO5S. The van der Waals surface area contributed by atoms with Gasteiger partial charge in [0.15, 0.2) is 9.84 Å². The maximum atomic E-state index is 12.4. The van der Waals surface area contributed by atoms with Crippen LogP contribution in [0.25, 0.3) is 5.57 Å². The van der Waals surface area contributed by atoms with Crippen LogP contribution in [0.3, 0.4) is 0 Å². The summed E-state index contributed by atoms with van der Waals surface area (Å²) in [5, 5.41) is 0. The third-order valence-corrected chi connectivity index (χ3v) is 5.44. The molecule has 0 bridgehead atoms. The monoisotopic (exact) mass is 387 g/mol. The quantitative estimate of drug-likeness (QED) is 0.733. The molecule has 0 saturated carbocycles. The molecule has 0 unspecified atom stereocenters. The molecule has 0 N–H and O–H groups in total. The van der Waals surface area contributed by atoms with E-state index in [-0.39, 0.29) is 10.7 Å². The summed E-state index contributed by atoms with van der Waals surface area (Å²) in [6.07, 6.45) is 3.51. The minimum Gasteiger partial charge on any atom is -0.449 e. The lowest BCUT2D eigenvalue weighted by atomic mass is 9.92. The number of carbonyl (C=O) groups excluding carboxylic acids is 1. The van der Waals surface area contributed by atoms with Crippen molar-refractivity contribution in [2.75, 3.05) is 6.26 Å². The summed E-state index contributed by atoms with van der Waals surface area (Å²) in [5.74, 6) is -0.0537. The van der Waals surface area contributed by atoms with Crippen molar-refractivity contribution in [1.82, 2.24) is 4.98 Å². The first-order valence-corrected chi connectivity index (χ1v) is 10.4. The highest BCUT2D eigenvalue weighted by atomic mass is 32.2. The summed E-state index contributed by atoms with van der Waals surface area (Å²) in [6.45, 7) is 5.53. The molecule has 27 heavy (non-hydrogen) atoms. The van der Waals surface area contributed by atoms with Gasteiger partial charge in [-0.15, -0.1) is 0 Å². The second kappa shape index (κ2) is 6.81. The lowest BCUT2D eigenvalue weighted by molar-refractivity contribution is -0.145. The molecule has 1 aromatic carbocycles. The van der Waals surface area contributed by atoms with Gasteiger partial charge in [-0.1, -0.05) is 19.1 Å². The topological polar surface area (TPSA) is 82.6 Å². The van der Waals surface area contributed by atoms with Crippen molar-refractivity contribution in [2.45, 2.75) is 37.7 Å². The molecule has 1 aliphatic heterocycles. The number of rotatable bonds is 5. The van der Waals surface area contributed by atoms with Crippen molar-refractivity contribution < 1.29 is 22.7 Å². The van der Waals surface area contributed by atoms with Gasteiger partial charge in [0, 0.05) is 11.9 Å². The van der Waals surface area contributed by atoms with Gasteiger partial charge in [-0.05, 0) is 50.1 Å². The zero-order chi connectivity index (χ0) is 19.8. The van der Waals surface area contributed by atoms with Crippen LogP contribution in [-0.2, 0) is 25.8 Å². The van der Waals surface area contributed by atoms with Crippen LogP contribution in [0.15, 0.2) is 53.2 Å². The zero-order valence-corrected chi connectivity index (χ0v) is 16.5. The minimum atomic E-state index is -3.31. The Morgan fingerprint density at radius 2 is 1.78 bits per heavy atom. The average Bonchev–Trinajstić information content (AvgIpc) is 2.83. The summed E-state index contributed by atoms with van der Waals surface area (Å²) in [6, 6.07) is 9.90. The number of nitrogens with zero attached hydrogens (tertiary/aromatic N) is 1. The van der Waals surface area contributed by atoms with Crippen molar-refractivity contribution >= 4 is 21.4 Å². The molecule has 0 spiro atoms. The molecule has 2 aromatic rings. The Morgan fingerprint density at radius 3 is 2.30 bits per heavy atom. The molecule has 0 atom stereocenters. The Kier molecular flexibility index (Phi) is 4.82. The highest BCUT2D eigenvalue weighted by molar-refractivity contribution is 7.90. The Bertz CT molecular complexity index is 1000. The van der Waals surface area contributed by atoms with Crippen molar-refractivity contribution in [2.24, 2.45) is 0 Å².